The van der Waals surface area contributed by atoms with E-state index in [9.17, 15) is 28.9 Å². The number of carbonyl (C=O) groups excluding carboxylic acids is 1. The molecule has 11 heteroatoms. The molecule has 0 aliphatic rings. The smallest absolute Gasteiger partial charge is 0.337 e. The maximum atomic E-state index is 13.6. The third-order valence-electron chi connectivity index (χ3n) is 5.39. The lowest BCUT2D eigenvalue weighted by Gasteiger charge is -2.12. The molecule has 2 aromatic heterocycles. The average Bonchev–Trinajstić information content (AvgIpc) is 3.14. The molecular formula is C23H19FN4O5S. The quantitative estimate of drug-likeness (QED) is 0.320. The Kier molecular flexibility index (Phi) is 5.88. The van der Waals surface area contributed by atoms with Crippen LogP contribution in [0.1, 0.15) is 20.8 Å². The van der Waals surface area contributed by atoms with E-state index in [-0.39, 0.29) is 33.2 Å². The number of nitrogens with zero attached hydrogens (tertiary/aromatic N) is 4. The molecule has 0 spiro atoms. The molecule has 9 nitrogen and oxygen atoms in total. The number of hydrogen-bond donors (Lipinski definition) is 0. The van der Waals surface area contributed by atoms with Gasteiger partial charge >= 0.3 is 5.69 Å². The zero-order chi connectivity index (χ0) is 24.7. The summed E-state index contributed by atoms with van der Waals surface area (Å²) in [5, 5.41) is 11.7. The van der Waals surface area contributed by atoms with Gasteiger partial charge in [-0.2, -0.15) is 0 Å². The summed E-state index contributed by atoms with van der Waals surface area (Å²) in [5.74, 6) is -0.784. The van der Waals surface area contributed by atoms with Gasteiger partial charge in [-0.1, -0.05) is 24.3 Å². The van der Waals surface area contributed by atoms with Crippen molar-refractivity contribution in [3.8, 4) is 5.69 Å². The lowest BCUT2D eigenvalue weighted by molar-refractivity contribution is -0.384. The number of carbonyl (C=O) groups is 1. The van der Waals surface area contributed by atoms with E-state index in [0.29, 0.717) is 11.1 Å². The summed E-state index contributed by atoms with van der Waals surface area (Å²) in [6, 6.07) is 10.9. The third-order valence-corrected chi connectivity index (χ3v) is 6.69. The topological polar surface area (TPSA) is 107 Å². The molecule has 0 radical (unpaired) electrons. The van der Waals surface area contributed by atoms with Gasteiger partial charge in [0.2, 0.25) is 0 Å². The van der Waals surface area contributed by atoms with Crippen molar-refractivity contribution in [3.63, 3.8) is 0 Å². The fraction of sp³-hybridized carbons (Fsp3) is 0.174. The minimum Gasteiger partial charge on any atom is -0.344 e. The maximum absolute atomic E-state index is 13.6. The predicted molar refractivity (Wildman–Crippen MR) is 127 cm³/mol. The standard InChI is InChI=1S/C23H19FN4O5S/c1-13-18-20(29)27(16-6-4-5-7-17(16)28(32)33)23(31)26(12-14-8-10-15(24)11-9-14)22(18)34-19(13)21(30)25(2)3/h4-11H,12H2,1-3H3. The van der Waals surface area contributed by atoms with Crippen LogP contribution in [0.25, 0.3) is 15.9 Å². The molecule has 0 saturated carbocycles. The number of aromatic nitrogens is 2. The molecule has 1 amide bonds. The monoisotopic (exact) mass is 482 g/mol. The number of nitro groups is 1. The minimum absolute atomic E-state index is 0.0356. The number of halogens is 1. The lowest BCUT2D eigenvalue weighted by atomic mass is 10.2. The number of thiophene rings is 1. The highest BCUT2D eigenvalue weighted by Gasteiger charge is 2.26. The Morgan fingerprint density at radius 3 is 2.38 bits per heavy atom. The number of benzene rings is 2. The summed E-state index contributed by atoms with van der Waals surface area (Å²) in [6.45, 7) is 1.57. The van der Waals surface area contributed by atoms with Crippen LogP contribution in [-0.4, -0.2) is 39.0 Å². The van der Waals surface area contributed by atoms with E-state index >= 15 is 0 Å². The molecule has 34 heavy (non-hydrogen) atoms. The van der Waals surface area contributed by atoms with E-state index in [4.69, 9.17) is 0 Å². The number of hydrogen-bond acceptors (Lipinski definition) is 6. The van der Waals surface area contributed by atoms with Crippen LogP contribution >= 0.6 is 11.3 Å². The molecule has 2 heterocycles. The van der Waals surface area contributed by atoms with E-state index in [1.807, 2.05) is 0 Å². The van der Waals surface area contributed by atoms with E-state index in [1.54, 1.807) is 21.0 Å². The zero-order valence-electron chi connectivity index (χ0n) is 18.4. The van der Waals surface area contributed by atoms with Gasteiger partial charge in [0.1, 0.15) is 16.3 Å². The number of rotatable bonds is 5. The fourth-order valence-electron chi connectivity index (χ4n) is 3.69. The molecule has 0 bridgehead atoms. The molecule has 0 atom stereocenters. The number of fused-ring (bicyclic) bond motifs is 1. The Bertz CT molecular complexity index is 1570. The number of amides is 1. The Labute approximate surface area is 196 Å². The van der Waals surface area contributed by atoms with Crippen molar-refractivity contribution in [1.82, 2.24) is 14.0 Å². The highest BCUT2D eigenvalue weighted by atomic mass is 32.1. The lowest BCUT2D eigenvalue weighted by Crippen LogP contribution is -2.39. The number of nitro benzene ring substituents is 1. The van der Waals surface area contributed by atoms with Crippen LogP contribution in [0.4, 0.5) is 10.1 Å². The van der Waals surface area contributed by atoms with Gasteiger partial charge in [0, 0.05) is 20.2 Å². The summed E-state index contributed by atoms with van der Waals surface area (Å²) in [6.07, 6.45) is 0. The molecule has 174 valence electrons. The van der Waals surface area contributed by atoms with Crippen LogP contribution in [0.3, 0.4) is 0 Å². The summed E-state index contributed by atoms with van der Waals surface area (Å²) in [7, 11) is 3.15. The van der Waals surface area contributed by atoms with Gasteiger partial charge in [-0.25, -0.2) is 13.8 Å². The van der Waals surface area contributed by atoms with Crippen LogP contribution in [0.15, 0.2) is 58.1 Å². The van der Waals surface area contributed by atoms with Gasteiger partial charge < -0.3 is 4.90 Å². The first kappa shape index (κ1) is 23.1. The van der Waals surface area contributed by atoms with Crippen LogP contribution in [0.5, 0.6) is 0 Å². The largest absolute Gasteiger partial charge is 0.344 e. The molecule has 2 aromatic carbocycles. The SMILES string of the molecule is Cc1c(C(=O)N(C)C)sc2c1c(=O)n(-c1ccccc1[N+](=O)[O-])c(=O)n2Cc1ccc(F)cc1. The first-order valence-corrected chi connectivity index (χ1v) is 10.9. The van der Waals surface area contributed by atoms with Gasteiger partial charge in [-0.15, -0.1) is 11.3 Å². The Hall–Kier alpha value is -4.12. The van der Waals surface area contributed by atoms with Crippen molar-refractivity contribution < 1.29 is 14.1 Å². The Morgan fingerprint density at radius 1 is 1.12 bits per heavy atom. The molecule has 4 rings (SSSR count). The molecule has 0 aliphatic heterocycles. The van der Waals surface area contributed by atoms with Crippen LogP contribution < -0.4 is 11.2 Å². The number of para-hydroxylation sites is 2. The van der Waals surface area contributed by atoms with Gasteiger partial charge in [0.15, 0.2) is 0 Å². The van der Waals surface area contributed by atoms with Crippen molar-refractivity contribution in [3.05, 3.63) is 101 Å². The van der Waals surface area contributed by atoms with Crippen LogP contribution in [-0.2, 0) is 6.54 Å². The van der Waals surface area contributed by atoms with Crippen molar-refractivity contribution in [2.24, 2.45) is 0 Å². The molecule has 0 N–H and O–H groups in total. The normalized spacial score (nSPS) is 11.1. The summed E-state index contributed by atoms with van der Waals surface area (Å²) >= 11 is 1.00. The molecule has 0 aliphatic carbocycles. The van der Waals surface area contributed by atoms with E-state index < -0.39 is 27.7 Å². The summed E-state index contributed by atoms with van der Waals surface area (Å²) in [5.41, 5.74) is -1.19. The summed E-state index contributed by atoms with van der Waals surface area (Å²) in [4.78, 5) is 52.8. The van der Waals surface area contributed by atoms with Crippen molar-refractivity contribution in [2.45, 2.75) is 13.5 Å². The van der Waals surface area contributed by atoms with Gasteiger partial charge in [-0.3, -0.25) is 24.3 Å². The highest BCUT2D eigenvalue weighted by Crippen LogP contribution is 2.30. The van der Waals surface area contributed by atoms with Crippen molar-refractivity contribution in [1.29, 1.82) is 0 Å². The fourth-order valence-corrected chi connectivity index (χ4v) is 5.00. The Balaban J connectivity index is 2.12. The van der Waals surface area contributed by atoms with Crippen LogP contribution in [0, 0.1) is 22.9 Å². The summed E-state index contributed by atoms with van der Waals surface area (Å²) < 4.78 is 15.5. The molecule has 4 aromatic rings. The van der Waals surface area contributed by atoms with Crippen molar-refractivity contribution in [2.75, 3.05) is 14.1 Å². The minimum atomic E-state index is -0.804. The van der Waals surface area contributed by atoms with E-state index in [2.05, 4.69) is 0 Å². The first-order valence-electron chi connectivity index (χ1n) is 10.1. The van der Waals surface area contributed by atoms with E-state index in [0.717, 1.165) is 15.9 Å². The second-order valence-electron chi connectivity index (χ2n) is 7.82. The molecule has 0 saturated heterocycles. The molecular weight excluding hydrogens is 463 g/mol. The third kappa shape index (κ3) is 3.79. The van der Waals surface area contributed by atoms with Gasteiger partial charge in [0.25, 0.3) is 17.2 Å². The average molecular weight is 482 g/mol. The van der Waals surface area contributed by atoms with Crippen molar-refractivity contribution >= 4 is 33.1 Å². The molecule has 0 unspecified atom stereocenters. The Morgan fingerprint density at radius 2 is 1.76 bits per heavy atom. The number of aryl methyl sites for hydroxylation is 1. The second kappa shape index (κ2) is 8.67. The van der Waals surface area contributed by atoms with E-state index in [1.165, 1.54) is 58.0 Å². The first-order chi connectivity index (χ1) is 16.1. The zero-order valence-corrected chi connectivity index (χ0v) is 19.3. The second-order valence-corrected chi connectivity index (χ2v) is 8.82. The maximum Gasteiger partial charge on any atom is 0.337 e. The molecule has 0 fully saturated rings. The predicted octanol–water partition coefficient (Wildman–Crippen LogP) is 3.32. The van der Waals surface area contributed by atoms with Gasteiger partial charge in [-0.05, 0) is 36.2 Å². The van der Waals surface area contributed by atoms with Crippen LogP contribution in [0.2, 0.25) is 0 Å². The van der Waals surface area contributed by atoms with Gasteiger partial charge in [0.05, 0.1) is 21.7 Å². The highest BCUT2D eigenvalue weighted by molar-refractivity contribution is 7.20.